The molecule has 4 nitrogen and oxygen atoms in total. The van der Waals surface area contributed by atoms with Gasteiger partial charge in [-0.05, 0) is 31.6 Å². The van der Waals surface area contributed by atoms with Crippen LogP contribution in [0, 0.1) is 11.8 Å². The number of hydrogen-bond acceptors (Lipinski definition) is 2. The molecule has 4 heteroatoms. The normalized spacial score (nSPS) is 33.2. The molecular weight excluding hydrogens is 218 g/mol. The number of likely N-dealkylation sites (N-methyl/N-ethyl adjacent to an activating group) is 1. The van der Waals surface area contributed by atoms with Crippen LogP contribution in [-0.4, -0.2) is 34.0 Å². The minimum Gasteiger partial charge on any atom is -0.479 e. The highest BCUT2D eigenvalue weighted by Gasteiger charge is 2.51. The first-order valence-corrected chi connectivity index (χ1v) is 6.37. The molecule has 3 unspecified atom stereocenters. The highest BCUT2D eigenvalue weighted by molar-refractivity contribution is 5.86. The third kappa shape index (κ3) is 2.31. The summed E-state index contributed by atoms with van der Waals surface area (Å²) >= 11 is 0. The Kier molecular flexibility index (Phi) is 4.17. The van der Waals surface area contributed by atoms with Gasteiger partial charge >= 0.3 is 5.97 Å². The van der Waals surface area contributed by atoms with Gasteiger partial charge < -0.3 is 10.0 Å². The molecule has 0 aromatic rings. The number of carboxylic acid groups (broad SMARTS) is 1. The first-order valence-electron chi connectivity index (χ1n) is 6.37. The molecule has 1 fully saturated rings. The van der Waals surface area contributed by atoms with E-state index >= 15 is 0 Å². The summed E-state index contributed by atoms with van der Waals surface area (Å²) in [7, 11) is 0. The Morgan fingerprint density at radius 2 is 1.94 bits per heavy atom. The third-order valence-corrected chi connectivity index (χ3v) is 4.12. The Morgan fingerprint density at radius 1 is 1.35 bits per heavy atom. The number of hydrogen-bond donors (Lipinski definition) is 1. The summed E-state index contributed by atoms with van der Waals surface area (Å²) in [4.78, 5) is 25.0. The SMILES string of the molecule is CCN(C(C)=O)C1(C(=O)O)CC(C)CCC1C. The molecule has 0 saturated heterocycles. The van der Waals surface area contributed by atoms with Crippen LogP contribution >= 0.6 is 0 Å². The fourth-order valence-corrected chi connectivity index (χ4v) is 3.18. The molecule has 1 aliphatic rings. The molecule has 0 spiro atoms. The largest absolute Gasteiger partial charge is 0.479 e. The van der Waals surface area contributed by atoms with E-state index in [-0.39, 0.29) is 11.8 Å². The van der Waals surface area contributed by atoms with Crippen LogP contribution in [0.15, 0.2) is 0 Å². The van der Waals surface area contributed by atoms with Gasteiger partial charge in [0, 0.05) is 13.5 Å². The summed E-state index contributed by atoms with van der Waals surface area (Å²) in [6.45, 7) is 7.78. The van der Waals surface area contributed by atoms with Gasteiger partial charge in [0.05, 0.1) is 0 Å². The van der Waals surface area contributed by atoms with E-state index in [4.69, 9.17) is 0 Å². The van der Waals surface area contributed by atoms with E-state index in [1.54, 1.807) is 0 Å². The predicted molar refractivity (Wildman–Crippen MR) is 65.6 cm³/mol. The average Bonchev–Trinajstić information content (AvgIpc) is 2.23. The van der Waals surface area contributed by atoms with E-state index in [1.165, 1.54) is 11.8 Å². The average molecular weight is 241 g/mol. The number of carbonyl (C=O) groups is 2. The number of carboxylic acids is 1. The second-order valence-corrected chi connectivity index (χ2v) is 5.28. The van der Waals surface area contributed by atoms with Crippen molar-refractivity contribution in [3.63, 3.8) is 0 Å². The van der Waals surface area contributed by atoms with Gasteiger partial charge in [-0.3, -0.25) is 4.79 Å². The lowest BCUT2D eigenvalue weighted by atomic mass is 9.68. The predicted octanol–water partition coefficient (Wildman–Crippen LogP) is 2.13. The van der Waals surface area contributed by atoms with E-state index in [1.807, 2.05) is 13.8 Å². The summed E-state index contributed by atoms with van der Waals surface area (Å²) in [6, 6.07) is 0. The fraction of sp³-hybridized carbons (Fsp3) is 0.846. The van der Waals surface area contributed by atoms with Crippen LogP contribution in [0.5, 0.6) is 0 Å². The van der Waals surface area contributed by atoms with Crippen LogP contribution in [0.4, 0.5) is 0 Å². The number of nitrogens with zero attached hydrogens (tertiary/aromatic N) is 1. The molecule has 0 aromatic carbocycles. The topological polar surface area (TPSA) is 57.6 Å². The second kappa shape index (κ2) is 5.07. The first kappa shape index (κ1) is 14.0. The van der Waals surface area contributed by atoms with Gasteiger partial charge in [-0.2, -0.15) is 0 Å². The maximum absolute atomic E-state index is 11.7. The van der Waals surface area contributed by atoms with Crippen molar-refractivity contribution in [2.24, 2.45) is 11.8 Å². The van der Waals surface area contributed by atoms with Gasteiger partial charge in [0.2, 0.25) is 5.91 Å². The van der Waals surface area contributed by atoms with Gasteiger partial charge in [0.1, 0.15) is 5.54 Å². The Hall–Kier alpha value is -1.06. The van der Waals surface area contributed by atoms with Crippen molar-refractivity contribution in [3.8, 4) is 0 Å². The van der Waals surface area contributed by atoms with Crippen LogP contribution < -0.4 is 0 Å². The van der Waals surface area contributed by atoms with E-state index in [2.05, 4.69) is 6.92 Å². The van der Waals surface area contributed by atoms with Gasteiger partial charge in [0.25, 0.3) is 0 Å². The van der Waals surface area contributed by atoms with E-state index in [0.717, 1.165) is 12.8 Å². The van der Waals surface area contributed by atoms with Crippen molar-refractivity contribution < 1.29 is 14.7 Å². The molecule has 1 saturated carbocycles. The van der Waals surface area contributed by atoms with Crippen molar-refractivity contribution >= 4 is 11.9 Å². The molecule has 0 aliphatic heterocycles. The van der Waals surface area contributed by atoms with Crippen molar-refractivity contribution in [1.29, 1.82) is 0 Å². The zero-order chi connectivity index (χ0) is 13.2. The summed E-state index contributed by atoms with van der Waals surface area (Å²) in [5, 5.41) is 9.63. The van der Waals surface area contributed by atoms with Gasteiger partial charge in [-0.1, -0.05) is 20.3 Å². The summed E-state index contributed by atoms with van der Waals surface area (Å²) in [5.74, 6) is -0.625. The standard InChI is InChI=1S/C13H23NO3/c1-5-14(11(4)15)13(12(16)17)8-9(2)6-7-10(13)3/h9-10H,5-8H2,1-4H3,(H,16,17). The maximum Gasteiger partial charge on any atom is 0.329 e. The second-order valence-electron chi connectivity index (χ2n) is 5.28. The molecular formula is C13H23NO3. The maximum atomic E-state index is 11.7. The van der Waals surface area contributed by atoms with E-state index in [0.29, 0.717) is 18.9 Å². The third-order valence-electron chi connectivity index (χ3n) is 4.12. The van der Waals surface area contributed by atoms with Crippen LogP contribution in [0.1, 0.15) is 47.0 Å². The molecule has 3 atom stereocenters. The van der Waals surface area contributed by atoms with E-state index < -0.39 is 11.5 Å². The highest BCUT2D eigenvalue weighted by atomic mass is 16.4. The lowest BCUT2D eigenvalue weighted by Gasteiger charge is -2.48. The Bertz CT molecular complexity index is 316. The minimum absolute atomic E-state index is 0.0139. The zero-order valence-electron chi connectivity index (χ0n) is 11.2. The fourth-order valence-electron chi connectivity index (χ4n) is 3.18. The molecule has 0 heterocycles. The Labute approximate surface area is 103 Å². The van der Waals surface area contributed by atoms with Gasteiger partial charge in [0.15, 0.2) is 0 Å². The summed E-state index contributed by atoms with van der Waals surface area (Å²) in [5.41, 5.74) is -1.00. The van der Waals surface area contributed by atoms with E-state index in [9.17, 15) is 14.7 Å². The number of carbonyl (C=O) groups excluding carboxylic acids is 1. The van der Waals surface area contributed by atoms with Gasteiger partial charge in [-0.25, -0.2) is 4.79 Å². The van der Waals surface area contributed by atoms with Crippen molar-refractivity contribution in [1.82, 2.24) is 4.90 Å². The molecule has 0 radical (unpaired) electrons. The lowest BCUT2D eigenvalue weighted by Crippen LogP contribution is -2.62. The number of aliphatic carboxylic acids is 1. The number of amides is 1. The molecule has 98 valence electrons. The van der Waals surface area contributed by atoms with Crippen molar-refractivity contribution in [2.75, 3.05) is 6.54 Å². The van der Waals surface area contributed by atoms with Crippen molar-refractivity contribution in [3.05, 3.63) is 0 Å². The number of rotatable bonds is 3. The summed E-state index contributed by atoms with van der Waals surface area (Å²) < 4.78 is 0. The Morgan fingerprint density at radius 3 is 2.35 bits per heavy atom. The van der Waals surface area contributed by atoms with Gasteiger partial charge in [-0.15, -0.1) is 0 Å². The van der Waals surface area contributed by atoms with Crippen LogP contribution in [0.3, 0.4) is 0 Å². The molecule has 17 heavy (non-hydrogen) atoms. The molecule has 1 aliphatic carbocycles. The van der Waals surface area contributed by atoms with Crippen LogP contribution in [0.2, 0.25) is 0 Å². The van der Waals surface area contributed by atoms with Crippen LogP contribution in [0.25, 0.3) is 0 Å². The molecule has 1 N–H and O–H groups in total. The molecule has 1 rings (SSSR count). The van der Waals surface area contributed by atoms with Crippen LogP contribution in [-0.2, 0) is 9.59 Å². The monoisotopic (exact) mass is 241 g/mol. The molecule has 1 amide bonds. The summed E-state index contributed by atoms with van der Waals surface area (Å²) in [6.07, 6.45) is 2.49. The highest BCUT2D eigenvalue weighted by Crippen LogP contribution is 2.41. The first-order chi connectivity index (χ1) is 7.86. The van der Waals surface area contributed by atoms with Crippen molar-refractivity contribution in [2.45, 2.75) is 52.5 Å². The lowest BCUT2D eigenvalue weighted by molar-refractivity contribution is -0.167. The molecule has 0 aromatic heterocycles. The zero-order valence-corrected chi connectivity index (χ0v) is 11.2. The minimum atomic E-state index is -1.00. The quantitative estimate of drug-likeness (QED) is 0.823. The smallest absolute Gasteiger partial charge is 0.329 e. The molecule has 0 bridgehead atoms. The Balaban J connectivity index is 3.18.